The number of urea groups is 1. The molecular weight excluding hydrogens is 304 g/mol. The van der Waals surface area contributed by atoms with Crippen molar-refractivity contribution in [2.24, 2.45) is 0 Å². The molecule has 1 heterocycles. The highest BCUT2D eigenvalue weighted by Gasteiger charge is 2.48. The number of carbonyl (C=O) groups is 2. The number of imide groups is 1. The fourth-order valence-electron chi connectivity index (χ4n) is 2.92. The van der Waals surface area contributed by atoms with Crippen molar-refractivity contribution in [2.45, 2.75) is 25.9 Å². The quantitative estimate of drug-likeness (QED) is 0.880. The first kappa shape index (κ1) is 16.1. The first-order chi connectivity index (χ1) is 11.5. The van der Waals surface area contributed by atoms with Crippen molar-refractivity contribution in [3.05, 3.63) is 65.2 Å². The summed E-state index contributed by atoms with van der Waals surface area (Å²) in [5, 5.41) is 2.82. The minimum atomic E-state index is -1.06. The minimum Gasteiger partial charge on any atom is -0.497 e. The summed E-state index contributed by atoms with van der Waals surface area (Å²) in [6.07, 6.45) is 0. The predicted octanol–water partition coefficient (Wildman–Crippen LogP) is 2.97. The van der Waals surface area contributed by atoms with Gasteiger partial charge >= 0.3 is 6.03 Å². The number of nitrogens with zero attached hydrogens (tertiary/aromatic N) is 1. The summed E-state index contributed by atoms with van der Waals surface area (Å²) in [6, 6.07) is 14.5. The Morgan fingerprint density at radius 1 is 1.08 bits per heavy atom. The molecule has 3 rings (SSSR count). The van der Waals surface area contributed by atoms with Crippen molar-refractivity contribution in [2.75, 3.05) is 7.11 Å². The molecule has 1 atom stereocenters. The maximum absolute atomic E-state index is 12.9. The van der Waals surface area contributed by atoms with Crippen LogP contribution in [-0.4, -0.2) is 23.9 Å². The molecule has 0 aromatic heterocycles. The number of nitrogens with one attached hydrogen (secondary N) is 1. The van der Waals surface area contributed by atoms with Crippen molar-refractivity contribution in [1.82, 2.24) is 10.2 Å². The number of hydrogen-bond donors (Lipinski definition) is 1. The summed E-state index contributed by atoms with van der Waals surface area (Å²) in [7, 11) is 1.59. The molecule has 1 fully saturated rings. The molecular formula is C19H20N2O3. The highest BCUT2D eigenvalue weighted by Crippen LogP contribution is 2.31. The third-order valence-corrected chi connectivity index (χ3v) is 4.53. The van der Waals surface area contributed by atoms with Crippen LogP contribution < -0.4 is 10.1 Å². The molecule has 5 nitrogen and oxygen atoms in total. The number of ether oxygens (including phenoxy) is 1. The van der Waals surface area contributed by atoms with Gasteiger partial charge in [0.1, 0.15) is 11.3 Å². The summed E-state index contributed by atoms with van der Waals surface area (Å²) >= 11 is 0. The Hall–Kier alpha value is -2.82. The lowest BCUT2D eigenvalue weighted by Gasteiger charge is -2.22. The van der Waals surface area contributed by atoms with E-state index in [1.54, 1.807) is 38.3 Å². The molecule has 2 aromatic carbocycles. The Labute approximate surface area is 141 Å². The van der Waals surface area contributed by atoms with E-state index in [0.29, 0.717) is 5.75 Å². The van der Waals surface area contributed by atoms with Gasteiger partial charge in [-0.05, 0) is 42.7 Å². The van der Waals surface area contributed by atoms with E-state index in [4.69, 9.17) is 4.74 Å². The molecule has 0 unspecified atom stereocenters. The van der Waals surface area contributed by atoms with E-state index >= 15 is 0 Å². The van der Waals surface area contributed by atoms with Gasteiger partial charge in [0.2, 0.25) is 0 Å². The monoisotopic (exact) mass is 324 g/mol. The smallest absolute Gasteiger partial charge is 0.325 e. The van der Waals surface area contributed by atoms with Gasteiger partial charge in [0.05, 0.1) is 13.7 Å². The van der Waals surface area contributed by atoms with E-state index in [0.717, 1.165) is 16.7 Å². The SMILES string of the molecule is COc1ccc([C@]2(C)NC(=O)N(Cc3ccccc3C)C2=O)cc1. The normalized spacial score (nSPS) is 20.2. The number of benzene rings is 2. The molecule has 1 aliphatic rings. The number of aryl methyl sites for hydroxylation is 1. The minimum absolute atomic E-state index is 0.249. The number of amides is 3. The van der Waals surface area contributed by atoms with E-state index in [1.165, 1.54) is 4.90 Å². The van der Waals surface area contributed by atoms with Gasteiger partial charge in [-0.1, -0.05) is 36.4 Å². The Bertz CT molecular complexity index is 785. The molecule has 5 heteroatoms. The molecule has 0 bridgehead atoms. The van der Waals surface area contributed by atoms with E-state index in [2.05, 4.69) is 5.32 Å². The average Bonchev–Trinajstić information content (AvgIpc) is 2.81. The van der Waals surface area contributed by atoms with Gasteiger partial charge in [-0.15, -0.1) is 0 Å². The molecule has 0 spiro atoms. The molecule has 0 aliphatic carbocycles. The topological polar surface area (TPSA) is 58.6 Å². The van der Waals surface area contributed by atoms with Crippen LogP contribution in [0.3, 0.4) is 0 Å². The van der Waals surface area contributed by atoms with Crippen LogP contribution in [0.1, 0.15) is 23.6 Å². The molecule has 1 saturated heterocycles. The molecule has 2 aromatic rings. The second-order valence-electron chi connectivity index (χ2n) is 6.10. The van der Waals surface area contributed by atoms with Crippen LogP contribution in [0.4, 0.5) is 4.79 Å². The number of methoxy groups -OCH3 is 1. The Morgan fingerprint density at radius 3 is 2.38 bits per heavy atom. The second kappa shape index (κ2) is 6.00. The first-order valence-corrected chi connectivity index (χ1v) is 7.79. The van der Waals surface area contributed by atoms with Crippen molar-refractivity contribution >= 4 is 11.9 Å². The lowest BCUT2D eigenvalue weighted by atomic mass is 9.92. The molecule has 124 valence electrons. The zero-order valence-corrected chi connectivity index (χ0v) is 14.0. The highest BCUT2D eigenvalue weighted by atomic mass is 16.5. The fraction of sp³-hybridized carbons (Fsp3) is 0.263. The average molecular weight is 324 g/mol. The van der Waals surface area contributed by atoms with Crippen molar-refractivity contribution < 1.29 is 14.3 Å². The second-order valence-corrected chi connectivity index (χ2v) is 6.10. The van der Waals surface area contributed by atoms with Crippen LogP contribution in [0.25, 0.3) is 0 Å². The standard InChI is InChI=1S/C19H20N2O3/c1-13-6-4-5-7-14(13)12-21-17(22)19(2,20-18(21)23)15-8-10-16(24-3)11-9-15/h4-11H,12H2,1-3H3,(H,20,23)/t19-/m0/s1. The summed E-state index contributed by atoms with van der Waals surface area (Å²) in [4.78, 5) is 26.6. The Morgan fingerprint density at radius 2 is 1.75 bits per heavy atom. The van der Waals surface area contributed by atoms with E-state index in [9.17, 15) is 9.59 Å². The zero-order chi connectivity index (χ0) is 17.3. The summed E-state index contributed by atoms with van der Waals surface area (Å²) in [5.41, 5.74) is 1.68. The van der Waals surface area contributed by atoms with Crippen LogP contribution in [0.2, 0.25) is 0 Å². The lowest BCUT2D eigenvalue weighted by molar-refractivity contribution is -0.131. The fourth-order valence-corrected chi connectivity index (χ4v) is 2.92. The Balaban J connectivity index is 1.88. The summed E-state index contributed by atoms with van der Waals surface area (Å²) < 4.78 is 5.14. The molecule has 0 radical (unpaired) electrons. The van der Waals surface area contributed by atoms with Gasteiger partial charge in [0.15, 0.2) is 0 Å². The maximum Gasteiger partial charge on any atom is 0.325 e. The third-order valence-electron chi connectivity index (χ3n) is 4.53. The van der Waals surface area contributed by atoms with Gasteiger partial charge in [-0.3, -0.25) is 9.69 Å². The summed E-state index contributed by atoms with van der Waals surface area (Å²) in [6.45, 7) is 3.96. The zero-order valence-electron chi connectivity index (χ0n) is 14.0. The molecule has 0 saturated carbocycles. The van der Waals surface area contributed by atoms with Gasteiger partial charge in [0, 0.05) is 0 Å². The van der Waals surface area contributed by atoms with Gasteiger partial charge in [-0.2, -0.15) is 0 Å². The van der Waals surface area contributed by atoms with Crippen molar-refractivity contribution in [3.63, 3.8) is 0 Å². The number of rotatable bonds is 4. The van der Waals surface area contributed by atoms with Crippen LogP contribution in [0.15, 0.2) is 48.5 Å². The van der Waals surface area contributed by atoms with Crippen LogP contribution in [0.5, 0.6) is 5.75 Å². The number of hydrogen-bond acceptors (Lipinski definition) is 3. The predicted molar refractivity (Wildman–Crippen MR) is 90.6 cm³/mol. The largest absolute Gasteiger partial charge is 0.497 e. The third kappa shape index (κ3) is 2.62. The van der Waals surface area contributed by atoms with Crippen molar-refractivity contribution in [1.29, 1.82) is 0 Å². The van der Waals surface area contributed by atoms with E-state index in [-0.39, 0.29) is 18.5 Å². The van der Waals surface area contributed by atoms with Crippen LogP contribution >= 0.6 is 0 Å². The molecule has 1 N–H and O–H groups in total. The van der Waals surface area contributed by atoms with Crippen molar-refractivity contribution in [3.8, 4) is 5.75 Å². The van der Waals surface area contributed by atoms with Gasteiger partial charge in [0.25, 0.3) is 5.91 Å². The maximum atomic E-state index is 12.9. The lowest BCUT2D eigenvalue weighted by Crippen LogP contribution is -2.40. The summed E-state index contributed by atoms with van der Waals surface area (Å²) in [5.74, 6) is 0.455. The van der Waals surface area contributed by atoms with E-state index < -0.39 is 5.54 Å². The highest BCUT2D eigenvalue weighted by molar-refractivity contribution is 6.07. The van der Waals surface area contributed by atoms with Crippen LogP contribution in [0, 0.1) is 6.92 Å². The molecule has 24 heavy (non-hydrogen) atoms. The van der Waals surface area contributed by atoms with Crippen LogP contribution in [-0.2, 0) is 16.9 Å². The first-order valence-electron chi connectivity index (χ1n) is 7.79. The molecule has 1 aliphatic heterocycles. The number of carbonyl (C=O) groups excluding carboxylic acids is 2. The molecule has 3 amide bonds. The van der Waals surface area contributed by atoms with E-state index in [1.807, 2.05) is 31.2 Å². The van der Waals surface area contributed by atoms with Gasteiger partial charge in [-0.25, -0.2) is 4.79 Å². The van der Waals surface area contributed by atoms with Gasteiger partial charge < -0.3 is 10.1 Å². The Kier molecular flexibility index (Phi) is 4.01.